The van der Waals surface area contributed by atoms with E-state index in [0.717, 1.165) is 30.0 Å². The number of benzene rings is 1. The molecule has 0 spiro atoms. The Morgan fingerprint density at radius 2 is 1.87 bits per heavy atom. The van der Waals surface area contributed by atoms with Crippen LogP contribution in [0.5, 0.6) is 0 Å². The monoisotopic (exact) mass is 408 g/mol. The summed E-state index contributed by atoms with van der Waals surface area (Å²) < 4.78 is 14.8. The Hall–Kier alpha value is -3.62. The normalized spacial score (nSPS) is 13.1. The van der Waals surface area contributed by atoms with Crippen molar-refractivity contribution in [2.75, 3.05) is 16.8 Å². The van der Waals surface area contributed by atoms with Gasteiger partial charge in [0.05, 0.1) is 11.4 Å². The van der Waals surface area contributed by atoms with Crippen LogP contribution in [-0.2, 0) is 16.1 Å². The SMILES string of the molecule is Cc1cc2n(n1)CCCN2C(=O)CCC(=O)Nc1ccc(-c2ccc(F)cc2)nn1. The summed E-state index contributed by atoms with van der Waals surface area (Å²) in [6.45, 7) is 3.31. The van der Waals surface area contributed by atoms with E-state index in [1.807, 2.05) is 17.7 Å². The summed E-state index contributed by atoms with van der Waals surface area (Å²) in [5.41, 5.74) is 2.16. The second-order valence-corrected chi connectivity index (χ2v) is 7.12. The van der Waals surface area contributed by atoms with Crippen molar-refractivity contribution in [3.63, 3.8) is 0 Å². The van der Waals surface area contributed by atoms with Gasteiger partial charge in [0.2, 0.25) is 11.8 Å². The molecule has 0 saturated carbocycles. The molecule has 4 rings (SSSR count). The minimum absolute atomic E-state index is 0.0455. The number of nitrogens with one attached hydrogen (secondary N) is 1. The van der Waals surface area contributed by atoms with Crippen molar-refractivity contribution in [1.29, 1.82) is 0 Å². The standard InChI is InChI=1S/C21H21FN6O2/c1-14-13-20-27(11-2-12-28(20)26-14)21(30)10-9-19(29)23-18-8-7-17(24-25-18)15-3-5-16(22)6-4-15/h3-8,13H,2,9-12H2,1H3,(H,23,25,29). The number of hydrogen-bond donors (Lipinski definition) is 1. The molecule has 0 saturated heterocycles. The number of carbonyl (C=O) groups excluding carboxylic acids is 2. The van der Waals surface area contributed by atoms with Crippen LogP contribution < -0.4 is 10.2 Å². The van der Waals surface area contributed by atoms with E-state index in [-0.39, 0.29) is 30.5 Å². The maximum atomic E-state index is 13.0. The van der Waals surface area contributed by atoms with Crippen LogP contribution in [0.4, 0.5) is 16.0 Å². The summed E-state index contributed by atoms with van der Waals surface area (Å²) in [4.78, 5) is 26.5. The topological polar surface area (TPSA) is 93.0 Å². The Morgan fingerprint density at radius 3 is 2.60 bits per heavy atom. The zero-order chi connectivity index (χ0) is 21.1. The largest absolute Gasteiger partial charge is 0.309 e. The zero-order valence-electron chi connectivity index (χ0n) is 16.5. The molecule has 1 aliphatic heterocycles. The smallest absolute Gasteiger partial charge is 0.228 e. The van der Waals surface area contributed by atoms with Crippen LogP contribution in [-0.4, -0.2) is 38.3 Å². The molecule has 9 heteroatoms. The van der Waals surface area contributed by atoms with Gasteiger partial charge in [-0.3, -0.25) is 14.5 Å². The Morgan fingerprint density at radius 1 is 1.07 bits per heavy atom. The van der Waals surface area contributed by atoms with Crippen LogP contribution in [0.1, 0.15) is 25.0 Å². The van der Waals surface area contributed by atoms with Gasteiger partial charge in [-0.05, 0) is 49.7 Å². The van der Waals surface area contributed by atoms with E-state index in [9.17, 15) is 14.0 Å². The molecular formula is C21H21FN6O2. The lowest BCUT2D eigenvalue weighted by atomic mass is 10.1. The lowest BCUT2D eigenvalue weighted by Gasteiger charge is -2.27. The van der Waals surface area contributed by atoms with E-state index in [1.165, 1.54) is 12.1 Å². The third-order valence-corrected chi connectivity index (χ3v) is 4.85. The Balaban J connectivity index is 1.32. The van der Waals surface area contributed by atoms with Gasteiger partial charge in [-0.15, -0.1) is 10.2 Å². The zero-order valence-corrected chi connectivity index (χ0v) is 16.5. The minimum Gasteiger partial charge on any atom is -0.309 e. The lowest BCUT2D eigenvalue weighted by molar-refractivity contribution is -0.122. The molecule has 2 aromatic heterocycles. The quantitative estimate of drug-likeness (QED) is 0.701. The van der Waals surface area contributed by atoms with E-state index >= 15 is 0 Å². The number of carbonyl (C=O) groups is 2. The maximum Gasteiger partial charge on any atom is 0.228 e. The van der Waals surface area contributed by atoms with Crippen molar-refractivity contribution in [3.8, 4) is 11.3 Å². The Kier molecular flexibility index (Phi) is 5.51. The molecule has 3 aromatic rings. The molecule has 0 fully saturated rings. The second-order valence-electron chi connectivity index (χ2n) is 7.12. The third kappa shape index (κ3) is 4.35. The highest BCUT2D eigenvalue weighted by molar-refractivity contribution is 5.97. The minimum atomic E-state index is -0.325. The number of hydrogen-bond acceptors (Lipinski definition) is 5. The van der Waals surface area contributed by atoms with E-state index < -0.39 is 0 Å². The molecule has 2 amide bonds. The Bertz CT molecular complexity index is 1060. The van der Waals surface area contributed by atoms with Crippen molar-refractivity contribution >= 4 is 23.5 Å². The molecule has 3 heterocycles. The maximum absolute atomic E-state index is 13.0. The summed E-state index contributed by atoms with van der Waals surface area (Å²) in [7, 11) is 0. The molecule has 30 heavy (non-hydrogen) atoms. The van der Waals surface area contributed by atoms with Crippen molar-refractivity contribution in [3.05, 3.63) is 54.0 Å². The number of halogens is 1. The first-order chi connectivity index (χ1) is 14.5. The average Bonchev–Trinajstić information content (AvgIpc) is 3.13. The first kappa shape index (κ1) is 19.7. The van der Waals surface area contributed by atoms with E-state index in [1.54, 1.807) is 29.2 Å². The first-order valence-electron chi connectivity index (χ1n) is 9.74. The molecule has 154 valence electrons. The van der Waals surface area contributed by atoms with Gasteiger partial charge in [0.15, 0.2) is 5.82 Å². The van der Waals surface area contributed by atoms with Gasteiger partial charge in [-0.25, -0.2) is 9.07 Å². The molecular weight excluding hydrogens is 387 g/mol. The number of anilines is 2. The van der Waals surface area contributed by atoms with Crippen LogP contribution in [0, 0.1) is 12.7 Å². The molecule has 1 aliphatic rings. The van der Waals surface area contributed by atoms with Crippen LogP contribution in [0.25, 0.3) is 11.3 Å². The van der Waals surface area contributed by atoms with Gasteiger partial charge in [0.1, 0.15) is 11.6 Å². The number of aryl methyl sites for hydroxylation is 2. The van der Waals surface area contributed by atoms with E-state index in [2.05, 4.69) is 20.6 Å². The van der Waals surface area contributed by atoms with Gasteiger partial charge in [-0.1, -0.05) is 0 Å². The number of rotatable bonds is 5. The summed E-state index contributed by atoms with van der Waals surface area (Å²) in [5, 5.41) is 15.1. The predicted molar refractivity (Wildman–Crippen MR) is 109 cm³/mol. The first-order valence-corrected chi connectivity index (χ1v) is 9.74. The lowest BCUT2D eigenvalue weighted by Crippen LogP contribution is -2.37. The summed E-state index contributed by atoms with van der Waals surface area (Å²) in [5.74, 6) is 0.336. The molecule has 0 bridgehead atoms. The van der Waals surface area contributed by atoms with Crippen molar-refractivity contribution in [2.24, 2.45) is 0 Å². The third-order valence-electron chi connectivity index (χ3n) is 4.85. The number of aromatic nitrogens is 4. The van der Waals surface area contributed by atoms with Crippen molar-refractivity contribution in [2.45, 2.75) is 32.7 Å². The van der Waals surface area contributed by atoms with Gasteiger partial charge in [0, 0.05) is 37.6 Å². The number of fused-ring (bicyclic) bond motifs is 1. The van der Waals surface area contributed by atoms with E-state index in [0.29, 0.717) is 18.1 Å². The molecule has 8 nitrogen and oxygen atoms in total. The van der Waals surface area contributed by atoms with Crippen LogP contribution >= 0.6 is 0 Å². The van der Waals surface area contributed by atoms with Gasteiger partial charge < -0.3 is 5.32 Å². The molecule has 0 atom stereocenters. The average molecular weight is 408 g/mol. The highest BCUT2D eigenvalue weighted by Crippen LogP contribution is 2.23. The van der Waals surface area contributed by atoms with Crippen LogP contribution in [0.3, 0.4) is 0 Å². The second kappa shape index (κ2) is 8.40. The Labute approximate surface area is 172 Å². The van der Waals surface area contributed by atoms with Gasteiger partial charge in [-0.2, -0.15) is 5.10 Å². The van der Waals surface area contributed by atoms with Gasteiger partial charge >= 0.3 is 0 Å². The molecule has 0 unspecified atom stereocenters. The highest BCUT2D eigenvalue weighted by Gasteiger charge is 2.24. The van der Waals surface area contributed by atoms with Crippen LogP contribution in [0.2, 0.25) is 0 Å². The van der Waals surface area contributed by atoms with Crippen molar-refractivity contribution < 1.29 is 14.0 Å². The summed E-state index contributed by atoms with van der Waals surface area (Å²) in [6, 6.07) is 11.1. The number of amides is 2. The van der Waals surface area contributed by atoms with Crippen LogP contribution in [0.15, 0.2) is 42.5 Å². The summed E-state index contributed by atoms with van der Waals surface area (Å²) in [6.07, 6.45) is 0.975. The summed E-state index contributed by atoms with van der Waals surface area (Å²) >= 11 is 0. The fourth-order valence-corrected chi connectivity index (χ4v) is 3.39. The van der Waals surface area contributed by atoms with Crippen molar-refractivity contribution in [1.82, 2.24) is 20.0 Å². The van der Waals surface area contributed by atoms with Gasteiger partial charge in [0.25, 0.3) is 0 Å². The molecule has 0 aliphatic carbocycles. The molecule has 0 radical (unpaired) electrons. The predicted octanol–water partition coefficient (Wildman–Crippen LogP) is 2.94. The highest BCUT2D eigenvalue weighted by atomic mass is 19.1. The molecule has 1 aromatic carbocycles. The number of nitrogens with zero attached hydrogens (tertiary/aromatic N) is 5. The van der Waals surface area contributed by atoms with E-state index in [4.69, 9.17) is 0 Å². The molecule has 1 N–H and O–H groups in total. The fourth-order valence-electron chi connectivity index (χ4n) is 3.39. The fraction of sp³-hybridized carbons (Fsp3) is 0.286.